The molecule has 2 amide bonds. The van der Waals surface area contributed by atoms with E-state index in [1.165, 1.54) is 0 Å². The van der Waals surface area contributed by atoms with Crippen LogP contribution in [0.1, 0.15) is 38.7 Å². The van der Waals surface area contributed by atoms with Crippen molar-refractivity contribution in [1.82, 2.24) is 5.32 Å². The molecule has 1 fully saturated rings. The zero-order valence-electron chi connectivity index (χ0n) is 14.0. The lowest BCUT2D eigenvalue weighted by atomic mass is 9.73. The summed E-state index contributed by atoms with van der Waals surface area (Å²) >= 11 is 0. The van der Waals surface area contributed by atoms with Crippen LogP contribution in [0.25, 0.3) is 0 Å². The van der Waals surface area contributed by atoms with Gasteiger partial charge in [-0.1, -0.05) is 26.0 Å². The van der Waals surface area contributed by atoms with E-state index in [-0.39, 0.29) is 17.7 Å². The number of anilines is 1. The summed E-state index contributed by atoms with van der Waals surface area (Å²) in [6.45, 7) is 4.28. The lowest BCUT2D eigenvalue weighted by Gasteiger charge is -2.31. The molecule has 0 heterocycles. The number of carbonyl (C=O) groups excluding carboxylic acids is 2. The molecule has 6 nitrogen and oxygen atoms in total. The summed E-state index contributed by atoms with van der Waals surface area (Å²) in [4.78, 5) is 34.8. The molecule has 0 saturated heterocycles. The minimum absolute atomic E-state index is 0.0371. The van der Waals surface area contributed by atoms with Crippen LogP contribution < -0.4 is 10.6 Å². The molecule has 0 radical (unpaired) electrons. The number of carbonyl (C=O) groups is 3. The molecule has 1 aromatic carbocycles. The number of carboxylic acid groups (broad SMARTS) is 1. The van der Waals surface area contributed by atoms with Crippen LogP contribution in [-0.4, -0.2) is 22.9 Å². The second kappa shape index (κ2) is 7.95. The van der Waals surface area contributed by atoms with Gasteiger partial charge in [-0.2, -0.15) is 0 Å². The van der Waals surface area contributed by atoms with E-state index in [0.29, 0.717) is 31.5 Å². The fraction of sp³-hybridized carbons (Fsp3) is 0.500. The second-order valence-electron chi connectivity index (χ2n) is 6.69. The minimum atomic E-state index is -0.906. The molecule has 0 aromatic heterocycles. The van der Waals surface area contributed by atoms with Crippen molar-refractivity contribution in [3.63, 3.8) is 0 Å². The van der Waals surface area contributed by atoms with Crippen LogP contribution in [0.3, 0.4) is 0 Å². The number of carboxylic acids is 1. The SMILES string of the molecule is CC(C)CC(=O)Nc1cccc(CNC(=O)C2CCC2C(=O)O)c1. The van der Waals surface area contributed by atoms with Gasteiger partial charge in [0.05, 0.1) is 11.8 Å². The van der Waals surface area contributed by atoms with Crippen molar-refractivity contribution in [3.05, 3.63) is 29.8 Å². The molecule has 6 heteroatoms. The van der Waals surface area contributed by atoms with E-state index >= 15 is 0 Å². The van der Waals surface area contributed by atoms with Crippen LogP contribution in [0.5, 0.6) is 0 Å². The Kier molecular flexibility index (Phi) is 5.95. The number of aliphatic carboxylic acids is 1. The van der Waals surface area contributed by atoms with Gasteiger partial charge in [-0.05, 0) is 36.5 Å². The van der Waals surface area contributed by atoms with Crippen molar-refractivity contribution in [2.45, 2.75) is 39.7 Å². The zero-order valence-corrected chi connectivity index (χ0v) is 14.0. The zero-order chi connectivity index (χ0) is 17.7. The Morgan fingerprint density at radius 3 is 2.50 bits per heavy atom. The highest BCUT2D eigenvalue weighted by Gasteiger charge is 2.41. The largest absolute Gasteiger partial charge is 0.481 e. The van der Waals surface area contributed by atoms with Crippen molar-refractivity contribution in [2.24, 2.45) is 17.8 Å². The first-order chi connectivity index (χ1) is 11.4. The van der Waals surface area contributed by atoms with Crippen LogP contribution in [0, 0.1) is 17.8 Å². The van der Waals surface area contributed by atoms with Gasteiger partial charge in [0.15, 0.2) is 0 Å². The first kappa shape index (κ1) is 18.0. The maximum Gasteiger partial charge on any atom is 0.307 e. The normalized spacial score (nSPS) is 19.5. The van der Waals surface area contributed by atoms with E-state index in [0.717, 1.165) is 5.56 Å². The van der Waals surface area contributed by atoms with Crippen LogP contribution in [0.2, 0.25) is 0 Å². The van der Waals surface area contributed by atoms with Crippen molar-refractivity contribution in [2.75, 3.05) is 5.32 Å². The second-order valence-corrected chi connectivity index (χ2v) is 6.69. The summed E-state index contributed by atoms with van der Waals surface area (Å²) in [7, 11) is 0. The molecule has 2 atom stereocenters. The van der Waals surface area contributed by atoms with E-state index in [1.54, 1.807) is 6.07 Å². The fourth-order valence-electron chi connectivity index (χ4n) is 2.77. The van der Waals surface area contributed by atoms with Gasteiger partial charge >= 0.3 is 5.97 Å². The number of benzene rings is 1. The average Bonchev–Trinajstić information content (AvgIpc) is 2.42. The number of rotatable bonds is 7. The van der Waals surface area contributed by atoms with Crippen LogP contribution in [0.4, 0.5) is 5.69 Å². The third-order valence-electron chi connectivity index (χ3n) is 4.20. The molecular weight excluding hydrogens is 308 g/mol. The van der Waals surface area contributed by atoms with Crippen LogP contribution >= 0.6 is 0 Å². The number of amides is 2. The summed E-state index contributed by atoms with van der Waals surface area (Å²) in [5.74, 6) is -1.87. The molecule has 3 N–H and O–H groups in total. The molecule has 0 bridgehead atoms. The van der Waals surface area contributed by atoms with Gasteiger partial charge in [-0.25, -0.2) is 0 Å². The van der Waals surface area contributed by atoms with E-state index in [2.05, 4.69) is 10.6 Å². The fourth-order valence-corrected chi connectivity index (χ4v) is 2.77. The third kappa shape index (κ3) is 4.81. The predicted molar refractivity (Wildman–Crippen MR) is 90.2 cm³/mol. The Hall–Kier alpha value is -2.37. The molecule has 1 aliphatic carbocycles. The summed E-state index contributed by atoms with van der Waals surface area (Å²) in [6, 6.07) is 7.29. The van der Waals surface area contributed by atoms with Crippen LogP contribution in [0.15, 0.2) is 24.3 Å². The van der Waals surface area contributed by atoms with Crippen molar-refractivity contribution in [3.8, 4) is 0 Å². The highest BCUT2D eigenvalue weighted by atomic mass is 16.4. The van der Waals surface area contributed by atoms with Gasteiger partial charge in [0.1, 0.15) is 0 Å². The summed E-state index contributed by atoms with van der Waals surface area (Å²) < 4.78 is 0. The maximum absolute atomic E-state index is 12.1. The van der Waals surface area contributed by atoms with Gasteiger partial charge in [0, 0.05) is 18.7 Å². The molecule has 1 aliphatic rings. The number of hydrogen-bond donors (Lipinski definition) is 3. The predicted octanol–water partition coefficient (Wildman–Crippen LogP) is 2.40. The highest BCUT2D eigenvalue weighted by Crippen LogP contribution is 2.34. The minimum Gasteiger partial charge on any atom is -0.481 e. The van der Waals surface area contributed by atoms with E-state index in [4.69, 9.17) is 5.11 Å². The third-order valence-corrected chi connectivity index (χ3v) is 4.20. The molecule has 2 unspecified atom stereocenters. The maximum atomic E-state index is 12.1. The van der Waals surface area contributed by atoms with Gasteiger partial charge < -0.3 is 15.7 Å². The standard InChI is InChI=1S/C18H24N2O4/c1-11(2)8-16(21)20-13-5-3-4-12(9-13)10-19-17(22)14-6-7-15(14)18(23)24/h3-5,9,11,14-15H,6-8,10H2,1-2H3,(H,19,22)(H,20,21)(H,23,24). The van der Waals surface area contributed by atoms with Gasteiger partial charge in [0.2, 0.25) is 11.8 Å². The average molecular weight is 332 g/mol. The van der Waals surface area contributed by atoms with Gasteiger partial charge in [-0.15, -0.1) is 0 Å². The lowest BCUT2D eigenvalue weighted by molar-refractivity contribution is -0.152. The quantitative estimate of drug-likeness (QED) is 0.714. The van der Waals surface area contributed by atoms with Gasteiger partial charge in [0.25, 0.3) is 0 Å². The molecule has 24 heavy (non-hydrogen) atoms. The Morgan fingerprint density at radius 2 is 1.92 bits per heavy atom. The molecule has 0 aliphatic heterocycles. The lowest BCUT2D eigenvalue weighted by Crippen LogP contribution is -2.43. The Balaban J connectivity index is 1.87. The topological polar surface area (TPSA) is 95.5 Å². The molecule has 130 valence electrons. The summed E-state index contributed by atoms with van der Waals surface area (Å²) in [5.41, 5.74) is 1.55. The monoisotopic (exact) mass is 332 g/mol. The summed E-state index contributed by atoms with van der Waals surface area (Å²) in [6.07, 6.45) is 1.64. The molecule has 1 saturated carbocycles. The summed E-state index contributed by atoms with van der Waals surface area (Å²) in [5, 5.41) is 14.6. The molecule has 2 rings (SSSR count). The van der Waals surface area contributed by atoms with Crippen molar-refractivity contribution >= 4 is 23.5 Å². The van der Waals surface area contributed by atoms with Gasteiger partial charge in [-0.3, -0.25) is 14.4 Å². The first-order valence-corrected chi connectivity index (χ1v) is 8.26. The van der Waals surface area contributed by atoms with Crippen LogP contribution in [-0.2, 0) is 20.9 Å². The number of nitrogens with one attached hydrogen (secondary N) is 2. The Morgan fingerprint density at radius 1 is 1.21 bits per heavy atom. The Bertz CT molecular complexity index is 627. The van der Waals surface area contributed by atoms with E-state index < -0.39 is 17.8 Å². The Labute approximate surface area is 141 Å². The van der Waals surface area contributed by atoms with Crippen molar-refractivity contribution < 1.29 is 19.5 Å². The molecular formula is C18H24N2O4. The smallest absolute Gasteiger partial charge is 0.307 e. The van der Waals surface area contributed by atoms with E-state index in [1.807, 2.05) is 32.0 Å². The molecule has 1 aromatic rings. The van der Waals surface area contributed by atoms with E-state index in [9.17, 15) is 14.4 Å². The highest BCUT2D eigenvalue weighted by molar-refractivity contribution is 5.91. The first-order valence-electron chi connectivity index (χ1n) is 8.26. The van der Waals surface area contributed by atoms with Crippen molar-refractivity contribution in [1.29, 1.82) is 0 Å². The number of hydrogen-bond acceptors (Lipinski definition) is 3. The molecule has 0 spiro atoms.